The van der Waals surface area contributed by atoms with E-state index in [0.29, 0.717) is 0 Å². The Morgan fingerprint density at radius 2 is 1.66 bits per heavy atom. The van der Waals surface area contributed by atoms with Crippen molar-refractivity contribution in [1.29, 1.82) is 0 Å². The minimum atomic E-state index is -3.06. The molecule has 0 bridgehead atoms. The number of halogens is 3. The van der Waals surface area contributed by atoms with Gasteiger partial charge < -0.3 is 9.80 Å². The van der Waals surface area contributed by atoms with Crippen LogP contribution >= 0.6 is 37.2 Å². The van der Waals surface area contributed by atoms with E-state index in [1.165, 1.54) is 6.26 Å². The van der Waals surface area contributed by atoms with Crippen LogP contribution in [-0.2, 0) is 15.6 Å². The summed E-state index contributed by atoms with van der Waals surface area (Å²) in [6, 6.07) is 14.0. The van der Waals surface area contributed by atoms with Crippen LogP contribution in [0.1, 0.15) is 5.56 Å². The van der Waals surface area contributed by atoms with Gasteiger partial charge in [0, 0.05) is 55.3 Å². The highest BCUT2D eigenvalue weighted by atomic mass is 35.5. The van der Waals surface area contributed by atoms with E-state index in [2.05, 4.69) is 36.0 Å². The Kier molecular flexibility index (Phi) is 9.74. The summed E-state index contributed by atoms with van der Waals surface area (Å²) in [6.45, 7) is 3.29. The number of hydrogen-bond acceptors (Lipinski definition) is 7. The fourth-order valence-corrected chi connectivity index (χ4v) is 4.99. The molecule has 12 heteroatoms. The lowest BCUT2D eigenvalue weighted by molar-refractivity contribution is 0.601. The van der Waals surface area contributed by atoms with Crippen molar-refractivity contribution in [3.63, 3.8) is 0 Å². The molecule has 1 fully saturated rings. The Balaban J connectivity index is 0.00000144. The first kappa shape index (κ1) is 28.6. The zero-order valence-electron chi connectivity index (χ0n) is 19.0. The molecule has 0 radical (unpaired) electrons. The second kappa shape index (κ2) is 11.9. The standard InChI is InChI=1S/C23H24N6O2S.3ClH/c1-32(30,31)15-17-3-2-4-20(11-17)28-7-9-29(10-8-28)23-21-12-18(19-13-26-27-14-19)5-6-22(21)24-16-25-23;;;/h2-6,11-14,16H,7-10,15H2,1H3,(H,26,27);3*1H. The molecule has 35 heavy (non-hydrogen) atoms. The number of nitrogens with zero attached hydrogens (tertiary/aromatic N) is 5. The lowest BCUT2D eigenvalue weighted by Gasteiger charge is -2.37. The highest BCUT2D eigenvalue weighted by Crippen LogP contribution is 2.29. The largest absolute Gasteiger partial charge is 0.368 e. The predicted octanol–water partition coefficient (Wildman–Crippen LogP) is 4.16. The number of H-pyrrole nitrogens is 1. The predicted molar refractivity (Wildman–Crippen MR) is 148 cm³/mol. The molecule has 4 aromatic rings. The van der Waals surface area contributed by atoms with Crippen molar-refractivity contribution in [3.05, 3.63) is 66.7 Å². The maximum atomic E-state index is 11.7. The van der Waals surface area contributed by atoms with Crippen LogP contribution in [0, 0.1) is 0 Å². The van der Waals surface area contributed by atoms with Crippen LogP contribution in [0.5, 0.6) is 0 Å². The average molecular weight is 558 g/mol. The van der Waals surface area contributed by atoms with Gasteiger partial charge in [0.1, 0.15) is 12.1 Å². The van der Waals surface area contributed by atoms with Gasteiger partial charge >= 0.3 is 0 Å². The van der Waals surface area contributed by atoms with Gasteiger partial charge in [-0.1, -0.05) is 18.2 Å². The van der Waals surface area contributed by atoms with Crippen molar-refractivity contribution in [2.24, 2.45) is 0 Å². The molecule has 3 heterocycles. The van der Waals surface area contributed by atoms with E-state index >= 15 is 0 Å². The fraction of sp³-hybridized carbons (Fsp3) is 0.261. The van der Waals surface area contributed by atoms with Crippen molar-refractivity contribution >= 4 is 69.5 Å². The van der Waals surface area contributed by atoms with Gasteiger partial charge in [-0.3, -0.25) is 5.10 Å². The molecular weight excluding hydrogens is 531 g/mol. The van der Waals surface area contributed by atoms with Crippen molar-refractivity contribution in [2.75, 3.05) is 42.2 Å². The summed E-state index contributed by atoms with van der Waals surface area (Å²) >= 11 is 0. The van der Waals surface area contributed by atoms with Gasteiger partial charge in [0.2, 0.25) is 0 Å². The van der Waals surface area contributed by atoms with E-state index in [0.717, 1.165) is 65.3 Å². The van der Waals surface area contributed by atoms with Gasteiger partial charge in [0.05, 0.1) is 17.5 Å². The zero-order chi connectivity index (χ0) is 22.1. The molecule has 5 rings (SSSR count). The number of piperazine rings is 1. The fourth-order valence-electron chi connectivity index (χ4n) is 4.21. The van der Waals surface area contributed by atoms with E-state index in [9.17, 15) is 8.42 Å². The Bertz CT molecular complexity index is 1360. The number of aromatic nitrogens is 4. The van der Waals surface area contributed by atoms with Crippen LogP contribution in [-0.4, -0.2) is 61.0 Å². The molecule has 0 atom stereocenters. The molecule has 0 unspecified atom stereocenters. The number of benzene rings is 2. The molecule has 0 amide bonds. The Hall–Kier alpha value is -2.59. The summed E-state index contributed by atoms with van der Waals surface area (Å²) in [7, 11) is -3.06. The maximum absolute atomic E-state index is 11.7. The molecule has 0 aliphatic carbocycles. The number of hydrogen-bond donors (Lipinski definition) is 1. The quantitative estimate of drug-likeness (QED) is 0.394. The third-order valence-electron chi connectivity index (χ3n) is 5.73. The molecule has 1 aliphatic heterocycles. The minimum absolute atomic E-state index is 0. The topological polar surface area (TPSA) is 95.1 Å². The van der Waals surface area contributed by atoms with E-state index in [1.807, 2.05) is 42.6 Å². The Morgan fingerprint density at radius 3 is 2.34 bits per heavy atom. The number of sulfone groups is 1. The van der Waals surface area contributed by atoms with Gasteiger partial charge in [0.15, 0.2) is 9.84 Å². The SMILES string of the molecule is CS(=O)(=O)Cc1cccc(N2CCN(c3ncnc4ccc(-c5cn[nH]c5)cc34)CC2)c1.Cl.Cl.Cl. The summed E-state index contributed by atoms with van der Waals surface area (Å²) in [6.07, 6.45) is 6.57. The van der Waals surface area contributed by atoms with E-state index in [-0.39, 0.29) is 43.0 Å². The summed E-state index contributed by atoms with van der Waals surface area (Å²) in [5, 5.41) is 7.93. The molecular formula is C23H27Cl3N6O2S. The van der Waals surface area contributed by atoms with Crippen LogP contribution in [0.4, 0.5) is 11.5 Å². The van der Waals surface area contributed by atoms with Crippen molar-refractivity contribution < 1.29 is 8.42 Å². The summed E-state index contributed by atoms with van der Waals surface area (Å²) < 4.78 is 23.3. The summed E-state index contributed by atoms with van der Waals surface area (Å²) in [5.74, 6) is 0.998. The van der Waals surface area contributed by atoms with E-state index < -0.39 is 9.84 Å². The van der Waals surface area contributed by atoms with Crippen LogP contribution in [0.3, 0.4) is 0 Å². The third-order valence-corrected chi connectivity index (χ3v) is 6.59. The van der Waals surface area contributed by atoms with Crippen LogP contribution in [0.2, 0.25) is 0 Å². The molecule has 0 saturated carbocycles. The molecule has 1 aliphatic rings. The van der Waals surface area contributed by atoms with Crippen molar-refractivity contribution in [2.45, 2.75) is 5.75 Å². The number of fused-ring (bicyclic) bond motifs is 1. The van der Waals surface area contributed by atoms with E-state index in [4.69, 9.17) is 0 Å². The first-order valence-corrected chi connectivity index (χ1v) is 12.5. The number of rotatable bonds is 5. The van der Waals surface area contributed by atoms with Crippen molar-refractivity contribution in [3.8, 4) is 11.1 Å². The van der Waals surface area contributed by atoms with Gasteiger partial charge in [-0.05, 0) is 35.4 Å². The number of nitrogens with one attached hydrogen (secondary N) is 1. The highest BCUT2D eigenvalue weighted by molar-refractivity contribution is 7.89. The van der Waals surface area contributed by atoms with Crippen molar-refractivity contribution in [1.82, 2.24) is 20.2 Å². The van der Waals surface area contributed by atoms with Crippen LogP contribution < -0.4 is 9.80 Å². The third kappa shape index (κ3) is 6.55. The van der Waals surface area contributed by atoms with Crippen LogP contribution in [0.15, 0.2) is 61.2 Å². The first-order valence-electron chi connectivity index (χ1n) is 10.5. The number of aromatic amines is 1. The molecule has 2 aromatic carbocycles. The smallest absolute Gasteiger partial charge is 0.151 e. The molecule has 0 spiro atoms. The van der Waals surface area contributed by atoms with Gasteiger partial charge in [-0.2, -0.15) is 5.10 Å². The normalized spacial score (nSPS) is 13.5. The second-order valence-electron chi connectivity index (χ2n) is 8.13. The summed E-state index contributed by atoms with van der Waals surface area (Å²) in [5.41, 5.74) is 4.89. The molecule has 1 N–H and O–H groups in total. The van der Waals surface area contributed by atoms with Gasteiger partial charge in [-0.25, -0.2) is 18.4 Å². The monoisotopic (exact) mass is 556 g/mol. The molecule has 2 aromatic heterocycles. The molecule has 188 valence electrons. The summed E-state index contributed by atoms with van der Waals surface area (Å²) in [4.78, 5) is 13.6. The Morgan fingerprint density at radius 1 is 0.914 bits per heavy atom. The van der Waals surface area contributed by atoms with Crippen LogP contribution in [0.25, 0.3) is 22.0 Å². The number of anilines is 2. The second-order valence-corrected chi connectivity index (χ2v) is 10.3. The molecule has 1 saturated heterocycles. The van der Waals surface area contributed by atoms with E-state index in [1.54, 1.807) is 12.5 Å². The minimum Gasteiger partial charge on any atom is -0.368 e. The lowest BCUT2D eigenvalue weighted by Crippen LogP contribution is -2.47. The van der Waals surface area contributed by atoms with Gasteiger partial charge in [0.25, 0.3) is 0 Å². The highest BCUT2D eigenvalue weighted by Gasteiger charge is 2.21. The van der Waals surface area contributed by atoms with Gasteiger partial charge in [-0.15, -0.1) is 37.2 Å². The molecule has 8 nitrogen and oxygen atoms in total. The average Bonchev–Trinajstić information content (AvgIpc) is 3.33. The zero-order valence-corrected chi connectivity index (χ0v) is 22.3. The lowest BCUT2D eigenvalue weighted by atomic mass is 10.1. The Labute approximate surface area is 223 Å². The maximum Gasteiger partial charge on any atom is 0.151 e. The first-order chi connectivity index (χ1) is 15.5.